The molecule has 9 heteroatoms. The van der Waals surface area contributed by atoms with Crippen molar-refractivity contribution in [3.63, 3.8) is 0 Å². The molecule has 1 aromatic carbocycles. The highest BCUT2D eigenvalue weighted by Gasteiger charge is 2.28. The van der Waals surface area contributed by atoms with Crippen LogP contribution in [0, 0.1) is 5.92 Å². The lowest BCUT2D eigenvalue weighted by molar-refractivity contribution is -0.133. The van der Waals surface area contributed by atoms with Crippen LogP contribution in [-0.2, 0) is 20.8 Å². The summed E-state index contributed by atoms with van der Waals surface area (Å²) in [5, 5.41) is 5.58. The monoisotopic (exact) mass is 430 g/mol. The van der Waals surface area contributed by atoms with Crippen LogP contribution in [0.5, 0.6) is 0 Å². The van der Waals surface area contributed by atoms with Crippen molar-refractivity contribution < 1.29 is 14.4 Å². The van der Waals surface area contributed by atoms with Crippen molar-refractivity contribution in [3.05, 3.63) is 35.9 Å². The maximum atomic E-state index is 13.0. The molecule has 0 radical (unpaired) electrons. The van der Waals surface area contributed by atoms with Crippen molar-refractivity contribution in [2.75, 3.05) is 6.54 Å². The molecule has 0 saturated heterocycles. The molecular weight excluding hydrogens is 396 g/mol. The van der Waals surface area contributed by atoms with Crippen molar-refractivity contribution in [1.82, 2.24) is 10.6 Å². The van der Waals surface area contributed by atoms with Crippen LogP contribution in [0.1, 0.15) is 50.5 Å². The summed E-state index contributed by atoms with van der Waals surface area (Å²) in [5.74, 6) is -1.30. The minimum Gasteiger partial charge on any atom is -0.370 e. The summed E-state index contributed by atoms with van der Waals surface area (Å²) in [6.45, 7) is 0.342. The Morgan fingerprint density at radius 3 is 2.26 bits per heavy atom. The fourth-order valence-corrected chi connectivity index (χ4v) is 3.77. The Labute approximate surface area is 183 Å². The fraction of sp³-hybridized carbons (Fsp3) is 0.545. The minimum atomic E-state index is -0.873. The molecule has 1 saturated carbocycles. The zero-order valence-electron chi connectivity index (χ0n) is 17.9. The highest BCUT2D eigenvalue weighted by molar-refractivity contribution is 5.92. The lowest BCUT2D eigenvalue weighted by atomic mass is 9.88. The Hall–Kier alpha value is -3.10. The van der Waals surface area contributed by atoms with E-state index >= 15 is 0 Å². The summed E-state index contributed by atoms with van der Waals surface area (Å²) < 4.78 is 0. The van der Waals surface area contributed by atoms with Crippen LogP contribution >= 0.6 is 0 Å². The average Bonchev–Trinajstić information content (AvgIpc) is 2.76. The standard InChI is InChI=1S/C22H34N6O3/c23-19(29)18(14-15-8-3-1-4-9-15)28-21(31)17(12-7-13-26-22(24)25)27-20(30)16-10-5-2-6-11-16/h1,3-4,8-9,16-18H,2,5-7,10-14H2,(H2,23,29)(H,27,30)(H,28,31)(H4,24,25,26). The second-order valence-corrected chi connectivity index (χ2v) is 8.00. The largest absolute Gasteiger partial charge is 0.370 e. The van der Waals surface area contributed by atoms with Gasteiger partial charge in [0.05, 0.1) is 0 Å². The third kappa shape index (κ3) is 8.65. The quantitative estimate of drug-likeness (QED) is 0.193. The van der Waals surface area contributed by atoms with Gasteiger partial charge in [0.2, 0.25) is 17.7 Å². The number of hydrogen-bond donors (Lipinski definition) is 5. The summed E-state index contributed by atoms with van der Waals surface area (Å²) in [4.78, 5) is 41.6. The first-order chi connectivity index (χ1) is 14.9. The van der Waals surface area contributed by atoms with Crippen LogP contribution in [-0.4, -0.2) is 42.3 Å². The number of carbonyl (C=O) groups excluding carboxylic acids is 3. The van der Waals surface area contributed by atoms with E-state index in [2.05, 4.69) is 15.6 Å². The number of nitrogens with one attached hydrogen (secondary N) is 2. The van der Waals surface area contributed by atoms with Gasteiger partial charge in [-0.1, -0.05) is 49.6 Å². The number of amides is 3. The molecule has 0 bridgehead atoms. The molecule has 1 aromatic rings. The fourth-order valence-electron chi connectivity index (χ4n) is 3.77. The highest BCUT2D eigenvalue weighted by Crippen LogP contribution is 2.24. The van der Waals surface area contributed by atoms with E-state index in [-0.39, 0.29) is 24.2 Å². The summed E-state index contributed by atoms with van der Waals surface area (Å²) in [5.41, 5.74) is 17.1. The Balaban J connectivity index is 2.03. The predicted octanol–water partition coefficient (Wildman–Crippen LogP) is 0.318. The lowest BCUT2D eigenvalue weighted by Gasteiger charge is -2.26. The van der Waals surface area contributed by atoms with Crippen LogP contribution in [0.4, 0.5) is 0 Å². The first kappa shape index (κ1) is 24.2. The maximum absolute atomic E-state index is 13.0. The van der Waals surface area contributed by atoms with E-state index in [0.717, 1.165) is 37.7 Å². The Kier molecular flexibility index (Phi) is 9.80. The number of aliphatic imine (C=N–C) groups is 1. The average molecular weight is 431 g/mol. The topological polar surface area (TPSA) is 166 Å². The third-order valence-electron chi connectivity index (χ3n) is 5.50. The van der Waals surface area contributed by atoms with E-state index in [1.165, 1.54) is 0 Å². The van der Waals surface area contributed by atoms with Crippen molar-refractivity contribution in [2.24, 2.45) is 28.1 Å². The molecule has 8 N–H and O–H groups in total. The number of carbonyl (C=O) groups is 3. The Morgan fingerprint density at radius 1 is 0.968 bits per heavy atom. The molecule has 2 unspecified atom stereocenters. The van der Waals surface area contributed by atoms with Gasteiger partial charge in [-0.2, -0.15) is 0 Å². The van der Waals surface area contributed by atoms with Gasteiger partial charge in [-0.25, -0.2) is 0 Å². The zero-order chi connectivity index (χ0) is 22.6. The van der Waals surface area contributed by atoms with E-state index < -0.39 is 23.9 Å². The van der Waals surface area contributed by atoms with Gasteiger partial charge in [0.1, 0.15) is 12.1 Å². The van der Waals surface area contributed by atoms with E-state index in [4.69, 9.17) is 17.2 Å². The molecule has 9 nitrogen and oxygen atoms in total. The highest BCUT2D eigenvalue weighted by atomic mass is 16.2. The van der Waals surface area contributed by atoms with Crippen LogP contribution in [0.25, 0.3) is 0 Å². The number of guanidine groups is 1. The molecule has 170 valence electrons. The van der Waals surface area contributed by atoms with E-state index in [1.54, 1.807) is 0 Å². The van der Waals surface area contributed by atoms with E-state index in [0.29, 0.717) is 19.4 Å². The van der Waals surface area contributed by atoms with Crippen LogP contribution in [0.2, 0.25) is 0 Å². The Bertz CT molecular complexity index is 758. The first-order valence-electron chi connectivity index (χ1n) is 10.9. The molecule has 31 heavy (non-hydrogen) atoms. The minimum absolute atomic E-state index is 0.0242. The Morgan fingerprint density at radius 2 is 1.65 bits per heavy atom. The van der Waals surface area contributed by atoms with Crippen molar-refractivity contribution in [2.45, 2.75) is 63.5 Å². The zero-order valence-corrected chi connectivity index (χ0v) is 17.9. The molecule has 1 aliphatic carbocycles. The molecule has 0 aliphatic heterocycles. The number of nitrogens with zero attached hydrogens (tertiary/aromatic N) is 1. The summed E-state index contributed by atoms with van der Waals surface area (Å²) in [7, 11) is 0. The van der Waals surface area contributed by atoms with Gasteiger partial charge in [-0.3, -0.25) is 19.4 Å². The molecule has 0 spiro atoms. The number of hydrogen-bond acceptors (Lipinski definition) is 4. The molecule has 2 rings (SSSR count). The SMILES string of the molecule is NC(=O)C(Cc1ccccc1)NC(=O)C(CCCN=C(N)N)NC(=O)C1CCCCC1. The maximum Gasteiger partial charge on any atom is 0.243 e. The van der Waals surface area contributed by atoms with Gasteiger partial charge in [-0.15, -0.1) is 0 Å². The predicted molar refractivity (Wildman–Crippen MR) is 120 cm³/mol. The summed E-state index contributed by atoms with van der Waals surface area (Å²) in [6.07, 6.45) is 5.93. The lowest BCUT2D eigenvalue weighted by Crippen LogP contribution is -2.54. The molecule has 1 fully saturated rings. The van der Waals surface area contributed by atoms with E-state index in [1.807, 2.05) is 30.3 Å². The van der Waals surface area contributed by atoms with Crippen LogP contribution < -0.4 is 27.8 Å². The van der Waals surface area contributed by atoms with Crippen molar-refractivity contribution >= 4 is 23.7 Å². The molecule has 3 amide bonds. The molecule has 0 heterocycles. The van der Waals surface area contributed by atoms with Gasteiger partial charge in [0.15, 0.2) is 5.96 Å². The number of nitrogens with two attached hydrogens (primary N) is 3. The number of benzene rings is 1. The second kappa shape index (κ2) is 12.6. The van der Waals surface area contributed by atoms with Crippen LogP contribution in [0.15, 0.2) is 35.3 Å². The molecule has 2 atom stereocenters. The van der Waals surface area contributed by atoms with Crippen molar-refractivity contribution in [3.8, 4) is 0 Å². The summed E-state index contributed by atoms with van der Waals surface area (Å²) >= 11 is 0. The van der Waals surface area contributed by atoms with Crippen molar-refractivity contribution in [1.29, 1.82) is 0 Å². The molecule has 1 aliphatic rings. The van der Waals surface area contributed by atoms with Gasteiger partial charge < -0.3 is 27.8 Å². The second-order valence-electron chi connectivity index (χ2n) is 8.00. The van der Waals surface area contributed by atoms with E-state index in [9.17, 15) is 14.4 Å². The van der Waals surface area contributed by atoms with Gasteiger partial charge >= 0.3 is 0 Å². The summed E-state index contributed by atoms with van der Waals surface area (Å²) in [6, 6.07) is 7.63. The third-order valence-corrected chi connectivity index (χ3v) is 5.50. The first-order valence-corrected chi connectivity index (χ1v) is 10.9. The number of rotatable bonds is 11. The smallest absolute Gasteiger partial charge is 0.243 e. The van der Waals surface area contributed by atoms with Crippen LogP contribution in [0.3, 0.4) is 0 Å². The van der Waals surface area contributed by atoms with Gasteiger partial charge in [0, 0.05) is 18.9 Å². The molecular formula is C22H34N6O3. The number of primary amides is 1. The normalized spacial score (nSPS) is 16.0. The van der Waals surface area contributed by atoms with Gasteiger partial charge in [0.25, 0.3) is 0 Å². The molecule has 0 aromatic heterocycles. The van der Waals surface area contributed by atoms with Gasteiger partial charge in [-0.05, 0) is 31.2 Å².